The Morgan fingerprint density at radius 2 is 1.93 bits per heavy atom. The van der Waals surface area contributed by atoms with Crippen molar-refractivity contribution in [3.63, 3.8) is 0 Å². The average Bonchev–Trinajstić information content (AvgIpc) is 2.69. The van der Waals surface area contributed by atoms with E-state index in [1.165, 1.54) is 0 Å². The molecule has 0 aromatic heterocycles. The van der Waals surface area contributed by atoms with Crippen LogP contribution >= 0.6 is 24.0 Å². The lowest BCUT2D eigenvalue weighted by Crippen LogP contribution is -2.47. The van der Waals surface area contributed by atoms with E-state index in [1.54, 1.807) is 7.11 Å². The van der Waals surface area contributed by atoms with Gasteiger partial charge in [0.15, 0.2) is 5.96 Å². The van der Waals surface area contributed by atoms with Crippen LogP contribution in [0, 0.1) is 5.92 Å². The predicted molar refractivity (Wildman–Crippen MR) is 119 cm³/mol. The van der Waals surface area contributed by atoms with Gasteiger partial charge in [-0.25, -0.2) is 0 Å². The van der Waals surface area contributed by atoms with Gasteiger partial charge in [0.1, 0.15) is 6.10 Å². The van der Waals surface area contributed by atoms with Crippen LogP contribution in [0.3, 0.4) is 0 Å². The minimum absolute atomic E-state index is 0. The molecule has 0 saturated carbocycles. The van der Waals surface area contributed by atoms with Crippen molar-refractivity contribution in [2.75, 3.05) is 39.9 Å². The molecule has 1 saturated heterocycles. The highest BCUT2D eigenvalue weighted by Gasteiger charge is 2.27. The van der Waals surface area contributed by atoms with Crippen molar-refractivity contribution in [1.29, 1.82) is 0 Å². The molecule has 7 heteroatoms. The Morgan fingerprint density at radius 1 is 1.26 bits per heavy atom. The Kier molecular flexibility index (Phi) is 11.3. The number of benzene rings is 1. The molecule has 152 valence electrons. The molecule has 1 fully saturated rings. The molecule has 2 rings (SSSR count). The Labute approximate surface area is 179 Å². The predicted octanol–water partition coefficient (Wildman–Crippen LogP) is 3.23. The van der Waals surface area contributed by atoms with Crippen LogP contribution in [-0.4, -0.2) is 56.7 Å². The fraction of sp³-hybridized carbons (Fsp3) is 0.600. The molecule has 1 aliphatic rings. The first kappa shape index (κ1) is 23.7. The number of methoxy groups -OCH3 is 1. The van der Waals surface area contributed by atoms with Crippen molar-refractivity contribution >= 4 is 35.9 Å². The van der Waals surface area contributed by atoms with Crippen molar-refractivity contribution in [3.8, 4) is 0 Å². The standard InChI is InChI=1S/C20H31N3O3.HI/c1-4-21-20(22-15-18(25-3)16-9-7-6-8-10-16)23-13-11-17(12-14-23)19(24)26-5-2;/h6-10,17-18H,4-5,11-15H2,1-3H3,(H,21,22);1H. The van der Waals surface area contributed by atoms with Gasteiger partial charge in [0, 0.05) is 26.7 Å². The van der Waals surface area contributed by atoms with Crippen LogP contribution in [0.5, 0.6) is 0 Å². The molecule has 0 spiro atoms. The second kappa shape index (κ2) is 12.9. The van der Waals surface area contributed by atoms with Crippen LogP contribution in [0.25, 0.3) is 0 Å². The smallest absolute Gasteiger partial charge is 0.309 e. The third kappa shape index (κ3) is 7.29. The molecule has 1 atom stereocenters. The summed E-state index contributed by atoms with van der Waals surface area (Å²) in [6, 6.07) is 10.1. The van der Waals surface area contributed by atoms with Crippen molar-refractivity contribution in [2.45, 2.75) is 32.8 Å². The lowest BCUT2D eigenvalue weighted by atomic mass is 9.97. The molecule has 1 heterocycles. The maximum absolute atomic E-state index is 11.9. The summed E-state index contributed by atoms with van der Waals surface area (Å²) < 4.78 is 10.8. The van der Waals surface area contributed by atoms with Crippen LogP contribution in [0.1, 0.15) is 38.4 Å². The van der Waals surface area contributed by atoms with Gasteiger partial charge in [-0.15, -0.1) is 24.0 Å². The van der Waals surface area contributed by atoms with Crippen molar-refractivity contribution < 1.29 is 14.3 Å². The number of hydrogen-bond donors (Lipinski definition) is 1. The van der Waals surface area contributed by atoms with Crippen molar-refractivity contribution in [2.24, 2.45) is 10.9 Å². The van der Waals surface area contributed by atoms with E-state index < -0.39 is 0 Å². The minimum atomic E-state index is -0.0717. The van der Waals surface area contributed by atoms with E-state index >= 15 is 0 Å². The van der Waals surface area contributed by atoms with E-state index in [1.807, 2.05) is 25.1 Å². The highest BCUT2D eigenvalue weighted by atomic mass is 127. The fourth-order valence-corrected chi connectivity index (χ4v) is 3.17. The highest BCUT2D eigenvalue weighted by molar-refractivity contribution is 14.0. The summed E-state index contributed by atoms with van der Waals surface area (Å²) in [6.07, 6.45) is 1.53. The summed E-state index contributed by atoms with van der Waals surface area (Å²) in [5.41, 5.74) is 1.12. The zero-order valence-corrected chi connectivity index (χ0v) is 18.8. The minimum Gasteiger partial charge on any atom is -0.466 e. The third-order valence-electron chi connectivity index (χ3n) is 4.61. The number of aliphatic imine (C=N–C) groups is 1. The van der Waals surface area contributed by atoms with Crippen LogP contribution < -0.4 is 5.32 Å². The molecule has 6 nitrogen and oxygen atoms in total. The third-order valence-corrected chi connectivity index (χ3v) is 4.61. The molecular formula is C20H32IN3O3. The van der Waals surface area contributed by atoms with Gasteiger partial charge in [-0.05, 0) is 32.3 Å². The molecule has 0 radical (unpaired) electrons. The number of likely N-dealkylation sites (tertiary alicyclic amines) is 1. The first-order valence-corrected chi connectivity index (χ1v) is 9.47. The average molecular weight is 489 g/mol. The van der Waals surface area contributed by atoms with E-state index in [4.69, 9.17) is 14.5 Å². The van der Waals surface area contributed by atoms with E-state index in [2.05, 4.69) is 29.3 Å². The van der Waals surface area contributed by atoms with Gasteiger partial charge in [0.25, 0.3) is 0 Å². The second-order valence-electron chi connectivity index (χ2n) is 6.34. The van der Waals surface area contributed by atoms with Gasteiger partial charge in [0.2, 0.25) is 0 Å². The zero-order valence-electron chi connectivity index (χ0n) is 16.5. The van der Waals surface area contributed by atoms with Gasteiger partial charge < -0.3 is 19.7 Å². The first-order valence-electron chi connectivity index (χ1n) is 9.47. The number of nitrogens with one attached hydrogen (secondary N) is 1. The largest absolute Gasteiger partial charge is 0.466 e. The summed E-state index contributed by atoms with van der Waals surface area (Å²) in [4.78, 5) is 18.9. The number of ether oxygens (including phenoxy) is 2. The van der Waals surface area contributed by atoms with E-state index in [0.717, 1.165) is 44.0 Å². The Balaban J connectivity index is 0.00000364. The van der Waals surface area contributed by atoms with Crippen LogP contribution in [0.2, 0.25) is 0 Å². The summed E-state index contributed by atoms with van der Waals surface area (Å²) in [6.45, 7) is 7.33. The number of carbonyl (C=O) groups is 1. The summed E-state index contributed by atoms with van der Waals surface area (Å²) in [5.74, 6) is 0.815. The highest BCUT2D eigenvalue weighted by Crippen LogP contribution is 2.20. The molecule has 0 aliphatic carbocycles. The summed E-state index contributed by atoms with van der Waals surface area (Å²) >= 11 is 0. The Morgan fingerprint density at radius 3 is 2.48 bits per heavy atom. The van der Waals surface area contributed by atoms with E-state index in [9.17, 15) is 4.79 Å². The molecule has 1 N–H and O–H groups in total. The molecule has 0 amide bonds. The quantitative estimate of drug-likeness (QED) is 0.276. The van der Waals surface area contributed by atoms with Gasteiger partial charge in [0.05, 0.1) is 19.1 Å². The second-order valence-corrected chi connectivity index (χ2v) is 6.34. The molecule has 27 heavy (non-hydrogen) atoms. The van der Waals surface area contributed by atoms with Crippen molar-refractivity contribution in [1.82, 2.24) is 10.2 Å². The number of hydrogen-bond acceptors (Lipinski definition) is 4. The zero-order chi connectivity index (χ0) is 18.8. The lowest BCUT2D eigenvalue weighted by molar-refractivity contribution is -0.149. The number of carbonyl (C=O) groups excluding carboxylic acids is 1. The van der Waals surface area contributed by atoms with E-state index in [0.29, 0.717) is 13.2 Å². The molecule has 1 aliphatic heterocycles. The number of esters is 1. The Hall–Kier alpha value is -1.35. The van der Waals surface area contributed by atoms with Crippen LogP contribution in [0.4, 0.5) is 0 Å². The lowest BCUT2D eigenvalue weighted by Gasteiger charge is -2.33. The SMILES string of the molecule is CCNC(=NCC(OC)c1ccccc1)N1CCC(C(=O)OCC)CC1.I. The number of halogens is 1. The number of piperidine rings is 1. The fourth-order valence-electron chi connectivity index (χ4n) is 3.17. The molecule has 0 bridgehead atoms. The summed E-state index contributed by atoms with van der Waals surface area (Å²) in [7, 11) is 1.71. The first-order chi connectivity index (χ1) is 12.7. The van der Waals surface area contributed by atoms with Gasteiger partial charge in [-0.1, -0.05) is 30.3 Å². The normalized spacial score (nSPS) is 16.4. The van der Waals surface area contributed by atoms with Gasteiger partial charge >= 0.3 is 5.97 Å². The number of nitrogens with zero attached hydrogens (tertiary/aromatic N) is 2. The molecular weight excluding hydrogens is 457 g/mol. The topological polar surface area (TPSA) is 63.2 Å². The van der Waals surface area contributed by atoms with Crippen LogP contribution in [0.15, 0.2) is 35.3 Å². The van der Waals surface area contributed by atoms with Gasteiger partial charge in [-0.3, -0.25) is 9.79 Å². The number of rotatable bonds is 7. The monoisotopic (exact) mass is 489 g/mol. The molecule has 1 aromatic rings. The van der Waals surface area contributed by atoms with Crippen molar-refractivity contribution in [3.05, 3.63) is 35.9 Å². The Bertz CT molecular complexity index is 575. The van der Waals surface area contributed by atoms with E-state index in [-0.39, 0.29) is 42.0 Å². The van der Waals surface area contributed by atoms with Gasteiger partial charge in [-0.2, -0.15) is 0 Å². The summed E-state index contributed by atoms with van der Waals surface area (Å²) in [5, 5.41) is 3.36. The van der Waals surface area contributed by atoms with Crippen LogP contribution in [-0.2, 0) is 14.3 Å². The number of guanidine groups is 1. The maximum Gasteiger partial charge on any atom is 0.309 e. The maximum atomic E-state index is 11.9. The molecule has 1 unspecified atom stereocenters. The molecule has 1 aromatic carbocycles.